The van der Waals surface area contributed by atoms with Gasteiger partial charge in [0.2, 0.25) is 0 Å². The molecule has 1 saturated heterocycles. The summed E-state index contributed by atoms with van der Waals surface area (Å²) in [7, 11) is 3.08. The number of aliphatic imine (C=N–C) groups is 1. The van der Waals surface area contributed by atoms with Crippen LogP contribution in [0.25, 0.3) is 0 Å². The number of nitrogens with one attached hydrogen (secondary N) is 1. The third kappa shape index (κ3) is 7.72. The van der Waals surface area contributed by atoms with E-state index in [0.29, 0.717) is 12.3 Å². The van der Waals surface area contributed by atoms with Gasteiger partial charge in [-0.3, -0.25) is 9.89 Å². The van der Waals surface area contributed by atoms with Crippen LogP contribution < -0.4 is 14.8 Å². The van der Waals surface area contributed by atoms with Gasteiger partial charge in [0, 0.05) is 39.3 Å². The van der Waals surface area contributed by atoms with E-state index in [9.17, 15) is 9.50 Å². The van der Waals surface area contributed by atoms with Crippen LogP contribution in [0.1, 0.15) is 24.2 Å². The summed E-state index contributed by atoms with van der Waals surface area (Å²) in [6.07, 6.45) is -0.704. The molecule has 182 valence electrons. The van der Waals surface area contributed by atoms with Gasteiger partial charge in [-0.15, -0.1) is 24.0 Å². The van der Waals surface area contributed by atoms with Crippen LogP contribution >= 0.6 is 24.0 Å². The van der Waals surface area contributed by atoms with E-state index in [1.165, 1.54) is 13.2 Å². The zero-order chi connectivity index (χ0) is 22.9. The van der Waals surface area contributed by atoms with E-state index in [4.69, 9.17) is 9.47 Å². The lowest BCUT2D eigenvalue weighted by atomic mass is 10.1. The lowest BCUT2D eigenvalue weighted by Crippen LogP contribution is -2.52. The van der Waals surface area contributed by atoms with E-state index in [1.807, 2.05) is 37.3 Å². The van der Waals surface area contributed by atoms with Gasteiger partial charge in [0.25, 0.3) is 0 Å². The Labute approximate surface area is 212 Å². The number of piperazine rings is 1. The first kappa shape index (κ1) is 27.1. The third-order valence-electron chi connectivity index (χ3n) is 5.52. The molecule has 1 atom stereocenters. The Kier molecular flexibility index (Phi) is 11.2. The number of ether oxygens (including phenoxy) is 2. The molecule has 33 heavy (non-hydrogen) atoms. The SMILES string of the molecule is CCNC(=NCC(O)c1cccc(OC)c1)N1CCN(Cc2ccc(OC)c(F)c2)CC1.I. The number of hydrogen-bond donors (Lipinski definition) is 2. The smallest absolute Gasteiger partial charge is 0.194 e. The highest BCUT2D eigenvalue weighted by Gasteiger charge is 2.20. The van der Waals surface area contributed by atoms with Gasteiger partial charge in [0.1, 0.15) is 5.75 Å². The number of guanidine groups is 1. The summed E-state index contributed by atoms with van der Waals surface area (Å²) >= 11 is 0. The average molecular weight is 572 g/mol. The van der Waals surface area contributed by atoms with E-state index in [0.717, 1.165) is 49.8 Å². The van der Waals surface area contributed by atoms with Gasteiger partial charge in [0.15, 0.2) is 17.5 Å². The molecular weight excluding hydrogens is 538 g/mol. The summed E-state index contributed by atoms with van der Waals surface area (Å²) in [5, 5.41) is 13.9. The Hall–Kier alpha value is -2.11. The predicted molar refractivity (Wildman–Crippen MR) is 139 cm³/mol. The molecule has 0 amide bonds. The molecule has 0 aromatic heterocycles. The predicted octanol–water partition coefficient (Wildman–Crippen LogP) is 3.28. The molecule has 0 aliphatic carbocycles. The zero-order valence-corrected chi connectivity index (χ0v) is 21.8. The molecule has 2 aromatic rings. The summed E-state index contributed by atoms with van der Waals surface area (Å²) in [5.41, 5.74) is 1.71. The van der Waals surface area contributed by atoms with E-state index in [-0.39, 0.29) is 42.1 Å². The van der Waals surface area contributed by atoms with Crippen molar-refractivity contribution >= 4 is 29.9 Å². The van der Waals surface area contributed by atoms with Crippen molar-refractivity contribution < 1.29 is 19.0 Å². The van der Waals surface area contributed by atoms with Gasteiger partial charge < -0.3 is 24.8 Å². The van der Waals surface area contributed by atoms with Crippen LogP contribution in [0, 0.1) is 5.82 Å². The molecule has 0 spiro atoms. The van der Waals surface area contributed by atoms with Crippen molar-refractivity contribution in [2.24, 2.45) is 4.99 Å². The largest absolute Gasteiger partial charge is 0.497 e. The maximum Gasteiger partial charge on any atom is 0.194 e. The van der Waals surface area contributed by atoms with E-state index in [1.54, 1.807) is 13.2 Å². The van der Waals surface area contributed by atoms with Crippen LogP contribution in [0.2, 0.25) is 0 Å². The zero-order valence-electron chi connectivity index (χ0n) is 19.5. The Balaban J connectivity index is 0.00000385. The number of nitrogens with zero attached hydrogens (tertiary/aromatic N) is 3. The van der Waals surface area contributed by atoms with Gasteiger partial charge >= 0.3 is 0 Å². The summed E-state index contributed by atoms with van der Waals surface area (Å²) < 4.78 is 24.2. The maximum absolute atomic E-state index is 14.0. The fourth-order valence-electron chi connectivity index (χ4n) is 3.74. The summed E-state index contributed by atoms with van der Waals surface area (Å²) in [6.45, 7) is 7.03. The van der Waals surface area contributed by atoms with Crippen LogP contribution in [0.5, 0.6) is 11.5 Å². The van der Waals surface area contributed by atoms with Crippen LogP contribution in [0.3, 0.4) is 0 Å². The number of benzene rings is 2. The topological polar surface area (TPSA) is 69.6 Å². The van der Waals surface area contributed by atoms with Crippen molar-refractivity contribution in [3.8, 4) is 11.5 Å². The second-order valence-corrected chi connectivity index (χ2v) is 7.72. The summed E-state index contributed by atoms with van der Waals surface area (Å²) in [5.74, 6) is 1.44. The first-order valence-electron chi connectivity index (χ1n) is 10.9. The standard InChI is InChI=1S/C24H33FN4O3.HI/c1-4-26-24(27-16-22(30)19-6-5-7-20(15-19)31-2)29-12-10-28(11-13-29)17-18-8-9-23(32-3)21(25)14-18;/h5-9,14-15,22,30H,4,10-13,16-17H2,1-3H3,(H,26,27);1H. The van der Waals surface area contributed by atoms with Crippen LogP contribution in [-0.2, 0) is 6.54 Å². The fraction of sp³-hybridized carbons (Fsp3) is 0.458. The molecule has 1 aliphatic heterocycles. The highest BCUT2D eigenvalue weighted by Crippen LogP contribution is 2.20. The minimum atomic E-state index is -0.704. The fourth-order valence-corrected chi connectivity index (χ4v) is 3.74. The Morgan fingerprint density at radius 2 is 1.88 bits per heavy atom. The Morgan fingerprint density at radius 3 is 2.52 bits per heavy atom. The molecular formula is C24H34FIN4O3. The van der Waals surface area contributed by atoms with Crippen LogP contribution in [0.15, 0.2) is 47.5 Å². The van der Waals surface area contributed by atoms with E-state index >= 15 is 0 Å². The third-order valence-corrected chi connectivity index (χ3v) is 5.52. The number of rotatable bonds is 8. The first-order valence-corrected chi connectivity index (χ1v) is 10.9. The summed E-state index contributed by atoms with van der Waals surface area (Å²) in [4.78, 5) is 9.17. The molecule has 7 nitrogen and oxygen atoms in total. The van der Waals surface area contributed by atoms with E-state index < -0.39 is 6.10 Å². The molecule has 1 aliphatic rings. The minimum absolute atomic E-state index is 0. The van der Waals surface area contributed by atoms with Crippen molar-refractivity contribution in [2.45, 2.75) is 19.6 Å². The summed E-state index contributed by atoms with van der Waals surface area (Å²) in [6, 6.07) is 12.5. The lowest BCUT2D eigenvalue weighted by Gasteiger charge is -2.36. The van der Waals surface area contributed by atoms with Gasteiger partial charge in [-0.1, -0.05) is 18.2 Å². The first-order chi connectivity index (χ1) is 15.5. The van der Waals surface area contributed by atoms with Gasteiger partial charge in [0.05, 0.1) is 26.9 Å². The molecule has 1 unspecified atom stereocenters. The van der Waals surface area contributed by atoms with Crippen molar-refractivity contribution in [1.29, 1.82) is 0 Å². The normalized spacial score (nSPS) is 15.5. The van der Waals surface area contributed by atoms with Gasteiger partial charge in [-0.2, -0.15) is 0 Å². The molecule has 1 heterocycles. The number of halogens is 2. The Bertz CT molecular complexity index is 907. The molecule has 0 bridgehead atoms. The average Bonchev–Trinajstić information content (AvgIpc) is 2.82. The second kappa shape index (κ2) is 13.6. The van der Waals surface area contributed by atoms with Crippen molar-refractivity contribution in [3.05, 3.63) is 59.4 Å². The van der Waals surface area contributed by atoms with Crippen molar-refractivity contribution in [1.82, 2.24) is 15.1 Å². The second-order valence-electron chi connectivity index (χ2n) is 7.72. The molecule has 9 heteroatoms. The molecule has 0 radical (unpaired) electrons. The lowest BCUT2D eigenvalue weighted by molar-refractivity contribution is 0.169. The highest BCUT2D eigenvalue weighted by molar-refractivity contribution is 14.0. The minimum Gasteiger partial charge on any atom is -0.497 e. The van der Waals surface area contributed by atoms with E-state index in [2.05, 4.69) is 20.1 Å². The van der Waals surface area contributed by atoms with Crippen LogP contribution in [-0.4, -0.2) is 74.4 Å². The maximum atomic E-state index is 14.0. The van der Waals surface area contributed by atoms with Crippen molar-refractivity contribution in [2.75, 3.05) is 53.5 Å². The number of aliphatic hydroxyl groups is 1. The molecule has 0 saturated carbocycles. The number of methoxy groups -OCH3 is 2. The van der Waals surface area contributed by atoms with Crippen molar-refractivity contribution in [3.63, 3.8) is 0 Å². The van der Waals surface area contributed by atoms with Gasteiger partial charge in [-0.05, 0) is 42.3 Å². The molecule has 2 aromatic carbocycles. The molecule has 1 fully saturated rings. The number of hydrogen-bond acceptors (Lipinski definition) is 5. The monoisotopic (exact) mass is 572 g/mol. The number of aliphatic hydroxyl groups excluding tert-OH is 1. The van der Waals surface area contributed by atoms with Gasteiger partial charge in [-0.25, -0.2) is 4.39 Å². The highest BCUT2D eigenvalue weighted by atomic mass is 127. The molecule has 3 rings (SSSR count). The molecule has 2 N–H and O–H groups in total. The quantitative estimate of drug-likeness (QED) is 0.288. The van der Waals surface area contributed by atoms with Crippen LogP contribution in [0.4, 0.5) is 4.39 Å². The Morgan fingerprint density at radius 1 is 1.12 bits per heavy atom.